The van der Waals surface area contributed by atoms with Crippen LogP contribution in [0.2, 0.25) is 0 Å². The van der Waals surface area contributed by atoms with Crippen molar-refractivity contribution in [3.8, 4) is 11.5 Å². The molecule has 0 spiro atoms. The standard InChI is InChI=1S/C24H24O2/c1-3-5-18-6-8-19(9-7-18)24(4-2,20-10-14-22(25)15-11-20)21-12-16-23(26)17-13-21/h3,6-17,25-26H,1,4-5H2,2H3. The molecule has 26 heavy (non-hydrogen) atoms. The smallest absolute Gasteiger partial charge is 0.115 e. The van der Waals surface area contributed by atoms with E-state index in [1.165, 1.54) is 11.1 Å². The molecule has 0 heterocycles. The van der Waals surface area contributed by atoms with E-state index in [-0.39, 0.29) is 16.9 Å². The summed E-state index contributed by atoms with van der Waals surface area (Å²) in [5, 5.41) is 19.5. The van der Waals surface area contributed by atoms with E-state index in [0.717, 1.165) is 24.0 Å². The first-order valence-electron chi connectivity index (χ1n) is 8.89. The van der Waals surface area contributed by atoms with Gasteiger partial charge in [0.05, 0.1) is 0 Å². The van der Waals surface area contributed by atoms with Crippen LogP contribution in [-0.2, 0) is 11.8 Å². The number of aromatic hydroxyl groups is 2. The van der Waals surface area contributed by atoms with E-state index in [4.69, 9.17) is 0 Å². The predicted octanol–water partition coefficient (Wildman–Crippen LogP) is 5.57. The van der Waals surface area contributed by atoms with Crippen LogP contribution in [0.5, 0.6) is 11.5 Å². The van der Waals surface area contributed by atoms with Gasteiger partial charge in [-0.3, -0.25) is 0 Å². The average molecular weight is 344 g/mol. The number of rotatable bonds is 6. The summed E-state index contributed by atoms with van der Waals surface area (Å²) in [6.07, 6.45) is 3.60. The largest absolute Gasteiger partial charge is 0.508 e. The van der Waals surface area contributed by atoms with Crippen LogP contribution in [0, 0.1) is 0 Å². The van der Waals surface area contributed by atoms with Crippen LogP contribution in [0.1, 0.15) is 35.6 Å². The Balaban J connectivity index is 2.21. The first-order valence-corrected chi connectivity index (χ1v) is 8.89. The molecule has 0 saturated carbocycles. The monoisotopic (exact) mass is 344 g/mol. The molecule has 0 atom stereocenters. The highest BCUT2D eigenvalue weighted by Crippen LogP contribution is 2.43. The average Bonchev–Trinajstić information content (AvgIpc) is 2.67. The highest BCUT2D eigenvalue weighted by Gasteiger charge is 2.34. The van der Waals surface area contributed by atoms with E-state index in [1.807, 2.05) is 30.3 Å². The molecule has 2 N–H and O–H groups in total. The molecule has 3 aromatic carbocycles. The molecule has 0 aliphatic carbocycles. The fraction of sp³-hybridized carbons (Fsp3) is 0.167. The normalized spacial score (nSPS) is 11.3. The van der Waals surface area contributed by atoms with Crippen molar-refractivity contribution in [1.29, 1.82) is 0 Å². The lowest BCUT2D eigenvalue weighted by molar-refractivity contribution is 0.473. The molecule has 0 aliphatic heterocycles. The van der Waals surface area contributed by atoms with Crippen LogP contribution in [0.4, 0.5) is 0 Å². The third-order valence-corrected chi connectivity index (χ3v) is 5.08. The Morgan fingerprint density at radius 1 is 0.731 bits per heavy atom. The SMILES string of the molecule is C=CCc1ccc(C(CC)(c2ccc(O)cc2)c2ccc(O)cc2)cc1. The summed E-state index contributed by atoms with van der Waals surface area (Å²) in [4.78, 5) is 0. The Morgan fingerprint density at radius 2 is 1.12 bits per heavy atom. The zero-order valence-corrected chi connectivity index (χ0v) is 15.0. The van der Waals surface area contributed by atoms with E-state index >= 15 is 0 Å². The lowest BCUT2D eigenvalue weighted by Crippen LogP contribution is -2.28. The molecule has 132 valence electrons. The maximum Gasteiger partial charge on any atom is 0.115 e. The van der Waals surface area contributed by atoms with Gasteiger partial charge < -0.3 is 10.2 Å². The van der Waals surface area contributed by atoms with E-state index in [9.17, 15) is 10.2 Å². The van der Waals surface area contributed by atoms with Gasteiger partial charge in [-0.2, -0.15) is 0 Å². The Kier molecular flexibility index (Phi) is 5.13. The highest BCUT2D eigenvalue weighted by molar-refractivity contribution is 5.52. The van der Waals surface area contributed by atoms with E-state index in [2.05, 4.69) is 37.8 Å². The van der Waals surface area contributed by atoms with Crippen LogP contribution in [0.25, 0.3) is 0 Å². The number of phenols is 2. The second-order valence-electron chi connectivity index (χ2n) is 6.54. The molecule has 0 saturated heterocycles. The fourth-order valence-corrected chi connectivity index (χ4v) is 3.70. The molecule has 0 radical (unpaired) electrons. The maximum atomic E-state index is 9.73. The Hall–Kier alpha value is -3.00. The van der Waals surface area contributed by atoms with E-state index in [0.29, 0.717) is 0 Å². The van der Waals surface area contributed by atoms with Crippen molar-refractivity contribution < 1.29 is 10.2 Å². The molecule has 0 aromatic heterocycles. The van der Waals surface area contributed by atoms with E-state index < -0.39 is 0 Å². The number of hydrogen-bond donors (Lipinski definition) is 2. The molecule has 3 aromatic rings. The van der Waals surface area contributed by atoms with Crippen LogP contribution in [0.15, 0.2) is 85.5 Å². The Labute approximate surface area is 155 Å². The number of hydrogen-bond acceptors (Lipinski definition) is 2. The Bertz CT molecular complexity index is 814. The van der Waals surface area contributed by atoms with Gasteiger partial charge in [-0.25, -0.2) is 0 Å². The molecule has 3 rings (SSSR count). The van der Waals surface area contributed by atoms with Crippen molar-refractivity contribution in [3.63, 3.8) is 0 Å². The van der Waals surface area contributed by atoms with Crippen molar-refractivity contribution in [2.45, 2.75) is 25.2 Å². The summed E-state index contributed by atoms with van der Waals surface area (Å²) in [7, 11) is 0. The summed E-state index contributed by atoms with van der Waals surface area (Å²) in [6.45, 7) is 5.97. The summed E-state index contributed by atoms with van der Waals surface area (Å²) >= 11 is 0. The molecule has 2 nitrogen and oxygen atoms in total. The first kappa shape index (κ1) is 17.8. The molecule has 0 unspecified atom stereocenters. The van der Waals surface area contributed by atoms with Crippen LogP contribution in [-0.4, -0.2) is 10.2 Å². The van der Waals surface area contributed by atoms with Gasteiger partial charge in [0.1, 0.15) is 11.5 Å². The van der Waals surface area contributed by atoms with Crippen LogP contribution in [0.3, 0.4) is 0 Å². The van der Waals surface area contributed by atoms with E-state index in [1.54, 1.807) is 24.3 Å². The topological polar surface area (TPSA) is 40.5 Å². The predicted molar refractivity (Wildman–Crippen MR) is 107 cm³/mol. The van der Waals surface area contributed by atoms with Crippen molar-refractivity contribution >= 4 is 0 Å². The zero-order valence-electron chi connectivity index (χ0n) is 15.0. The highest BCUT2D eigenvalue weighted by atomic mass is 16.3. The molecule has 2 heteroatoms. The number of benzene rings is 3. The third kappa shape index (κ3) is 3.23. The van der Waals surface area contributed by atoms with Crippen LogP contribution < -0.4 is 0 Å². The Morgan fingerprint density at radius 3 is 1.46 bits per heavy atom. The second-order valence-corrected chi connectivity index (χ2v) is 6.54. The first-order chi connectivity index (χ1) is 12.6. The van der Waals surface area contributed by atoms with Gasteiger partial charge in [0.2, 0.25) is 0 Å². The summed E-state index contributed by atoms with van der Waals surface area (Å²) in [6, 6.07) is 23.4. The quantitative estimate of drug-likeness (QED) is 0.453. The van der Waals surface area contributed by atoms with Gasteiger partial charge in [0, 0.05) is 5.41 Å². The minimum absolute atomic E-state index is 0.255. The van der Waals surface area contributed by atoms with Crippen molar-refractivity contribution in [1.82, 2.24) is 0 Å². The lowest BCUT2D eigenvalue weighted by atomic mass is 9.67. The number of allylic oxidation sites excluding steroid dienone is 1. The van der Waals surface area contributed by atoms with Gasteiger partial charge in [-0.1, -0.05) is 61.5 Å². The molecule has 0 fully saturated rings. The van der Waals surface area contributed by atoms with Gasteiger partial charge >= 0.3 is 0 Å². The molecular formula is C24H24O2. The van der Waals surface area contributed by atoms with Gasteiger partial charge in [-0.15, -0.1) is 6.58 Å². The van der Waals surface area contributed by atoms with Crippen molar-refractivity contribution in [2.75, 3.05) is 0 Å². The van der Waals surface area contributed by atoms with Crippen molar-refractivity contribution in [2.24, 2.45) is 0 Å². The molecular weight excluding hydrogens is 320 g/mol. The fourth-order valence-electron chi connectivity index (χ4n) is 3.70. The van der Waals surface area contributed by atoms with Gasteiger partial charge in [-0.05, 0) is 59.4 Å². The summed E-state index contributed by atoms with van der Waals surface area (Å²) < 4.78 is 0. The zero-order chi connectivity index (χ0) is 18.6. The van der Waals surface area contributed by atoms with Crippen molar-refractivity contribution in [3.05, 3.63) is 108 Å². The third-order valence-electron chi connectivity index (χ3n) is 5.08. The van der Waals surface area contributed by atoms with Gasteiger partial charge in [0.15, 0.2) is 0 Å². The lowest BCUT2D eigenvalue weighted by Gasteiger charge is -2.35. The maximum absolute atomic E-state index is 9.73. The minimum atomic E-state index is -0.353. The van der Waals surface area contributed by atoms with Crippen LogP contribution >= 0.6 is 0 Å². The molecule has 0 aliphatic rings. The molecule has 0 amide bonds. The molecule has 0 bridgehead atoms. The summed E-state index contributed by atoms with van der Waals surface area (Å²) in [5.41, 5.74) is 4.28. The minimum Gasteiger partial charge on any atom is -0.508 e. The van der Waals surface area contributed by atoms with Gasteiger partial charge in [0.25, 0.3) is 0 Å². The second kappa shape index (κ2) is 7.49. The number of phenolic OH excluding ortho intramolecular Hbond substituents is 2. The summed E-state index contributed by atoms with van der Waals surface area (Å²) in [5.74, 6) is 0.511.